The van der Waals surface area contributed by atoms with Crippen molar-refractivity contribution in [2.75, 3.05) is 30.3 Å². The highest BCUT2D eigenvalue weighted by Crippen LogP contribution is 2.21. The number of benzene rings is 2. The highest BCUT2D eigenvalue weighted by Gasteiger charge is 2.26. The molecule has 1 aliphatic heterocycles. The summed E-state index contributed by atoms with van der Waals surface area (Å²) in [6.45, 7) is 1.43. The molecule has 2 N–H and O–H groups in total. The number of halogens is 2. The number of hydrogen-bond donors (Lipinski definition) is 2. The summed E-state index contributed by atoms with van der Waals surface area (Å²) in [5, 5.41) is 5.82. The molecule has 0 atom stereocenters. The number of likely N-dealkylation sites (tertiary alicyclic amines) is 1. The van der Waals surface area contributed by atoms with Gasteiger partial charge in [-0.1, -0.05) is 29.8 Å². The molecule has 0 saturated carbocycles. The standard InChI is InChI=1S/C20H21ClFN3O2/c21-15-6-7-17(22)18(12-15)24-19(26)13-25-10-8-14(9-11-25)20(27)23-16-4-2-1-3-5-16/h1-7,12,14H,8-11,13H2,(H,23,27)(H,24,26). The zero-order valence-electron chi connectivity index (χ0n) is 14.8. The molecule has 2 amide bonds. The van der Waals surface area contributed by atoms with Crippen molar-refractivity contribution in [3.8, 4) is 0 Å². The van der Waals surface area contributed by atoms with Crippen LogP contribution in [0.2, 0.25) is 5.02 Å². The van der Waals surface area contributed by atoms with Crippen LogP contribution in [0.5, 0.6) is 0 Å². The summed E-state index contributed by atoms with van der Waals surface area (Å²) in [4.78, 5) is 26.5. The lowest BCUT2D eigenvalue weighted by atomic mass is 9.96. The summed E-state index contributed by atoms with van der Waals surface area (Å²) in [7, 11) is 0. The first kappa shape index (κ1) is 19.3. The van der Waals surface area contributed by atoms with Gasteiger partial charge in [0.15, 0.2) is 0 Å². The van der Waals surface area contributed by atoms with Crippen LogP contribution in [0.4, 0.5) is 15.8 Å². The molecule has 2 aromatic carbocycles. The number of rotatable bonds is 5. The highest BCUT2D eigenvalue weighted by molar-refractivity contribution is 6.30. The average Bonchev–Trinajstić information content (AvgIpc) is 2.66. The quantitative estimate of drug-likeness (QED) is 0.818. The first-order valence-electron chi connectivity index (χ1n) is 8.84. The Morgan fingerprint density at radius 1 is 1.07 bits per heavy atom. The number of nitrogens with one attached hydrogen (secondary N) is 2. The Morgan fingerprint density at radius 2 is 1.78 bits per heavy atom. The minimum absolute atomic E-state index is 0.00583. The largest absolute Gasteiger partial charge is 0.326 e. The lowest BCUT2D eigenvalue weighted by molar-refractivity contribution is -0.121. The van der Waals surface area contributed by atoms with Crippen LogP contribution >= 0.6 is 11.6 Å². The molecule has 1 fully saturated rings. The van der Waals surface area contributed by atoms with Gasteiger partial charge in [-0.05, 0) is 56.3 Å². The van der Waals surface area contributed by atoms with Gasteiger partial charge in [-0.3, -0.25) is 14.5 Å². The molecule has 0 aromatic heterocycles. The first-order chi connectivity index (χ1) is 13.0. The van der Waals surface area contributed by atoms with Crippen LogP contribution in [0.1, 0.15) is 12.8 Å². The third-order valence-corrected chi connectivity index (χ3v) is 4.80. The van der Waals surface area contributed by atoms with Crippen LogP contribution < -0.4 is 10.6 Å². The lowest BCUT2D eigenvalue weighted by Crippen LogP contribution is -2.41. The molecule has 0 spiro atoms. The fourth-order valence-corrected chi connectivity index (χ4v) is 3.28. The highest BCUT2D eigenvalue weighted by atomic mass is 35.5. The van der Waals surface area contributed by atoms with E-state index in [1.54, 1.807) is 0 Å². The van der Waals surface area contributed by atoms with Gasteiger partial charge in [0, 0.05) is 16.6 Å². The number of carbonyl (C=O) groups excluding carboxylic acids is 2. The Hall–Kier alpha value is -2.44. The molecular weight excluding hydrogens is 369 g/mol. The Bertz CT molecular complexity index is 808. The van der Waals surface area contributed by atoms with Gasteiger partial charge >= 0.3 is 0 Å². The minimum Gasteiger partial charge on any atom is -0.326 e. The molecule has 3 rings (SSSR count). The van der Waals surface area contributed by atoms with Crippen LogP contribution in [-0.4, -0.2) is 36.3 Å². The number of anilines is 2. The Labute approximate surface area is 162 Å². The predicted molar refractivity (Wildman–Crippen MR) is 104 cm³/mol. The van der Waals surface area contributed by atoms with Crippen molar-refractivity contribution >= 4 is 34.8 Å². The molecule has 1 saturated heterocycles. The molecule has 0 radical (unpaired) electrons. The fraction of sp³-hybridized carbons (Fsp3) is 0.300. The van der Waals surface area contributed by atoms with E-state index in [1.165, 1.54) is 18.2 Å². The van der Waals surface area contributed by atoms with Gasteiger partial charge in [0.1, 0.15) is 5.82 Å². The fourth-order valence-electron chi connectivity index (χ4n) is 3.11. The average molecular weight is 390 g/mol. The van der Waals surface area contributed by atoms with Crippen LogP contribution in [0, 0.1) is 11.7 Å². The van der Waals surface area contributed by atoms with Gasteiger partial charge in [-0.25, -0.2) is 4.39 Å². The number of piperidine rings is 1. The number of amides is 2. The van der Waals surface area contributed by atoms with E-state index in [9.17, 15) is 14.0 Å². The van der Waals surface area contributed by atoms with Crippen molar-refractivity contribution in [2.24, 2.45) is 5.92 Å². The molecule has 0 unspecified atom stereocenters. The number of para-hydroxylation sites is 1. The topological polar surface area (TPSA) is 61.4 Å². The maximum atomic E-state index is 13.7. The van der Waals surface area contributed by atoms with Crippen LogP contribution in [-0.2, 0) is 9.59 Å². The number of hydrogen-bond acceptors (Lipinski definition) is 3. The molecule has 1 heterocycles. The van der Waals surface area contributed by atoms with E-state index in [0.29, 0.717) is 31.0 Å². The van der Waals surface area contributed by atoms with Crippen LogP contribution in [0.25, 0.3) is 0 Å². The monoisotopic (exact) mass is 389 g/mol. The second kappa shape index (κ2) is 8.97. The van der Waals surface area contributed by atoms with Crippen molar-refractivity contribution in [1.82, 2.24) is 4.90 Å². The predicted octanol–water partition coefficient (Wildman–Crippen LogP) is 3.77. The van der Waals surface area contributed by atoms with E-state index in [1.807, 2.05) is 35.2 Å². The minimum atomic E-state index is -0.524. The summed E-state index contributed by atoms with van der Waals surface area (Å²) >= 11 is 5.83. The third kappa shape index (κ3) is 5.52. The maximum Gasteiger partial charge on any atom is 0.238 e. The van der Waals surface area contributed by atoms with E-state index < -0.39 is 5.82 Å². The summed E-state index contributed by atoms with van der Waals surface area (Å²) in [5.74, 6) is -0.895. The lowest BCUT2D eigenvalue weighted by Gasteiger charge is -2.30. The summed E-state index contributed by atoms with van der Waals surface area (Å²) in [6.07, 6.45) is 1.36. The summed E-state index contributed by atoms with van der Waals surface area (Å²) in [6, 6.07) is 13.4. The SMILES string of the molecule is O=C(CN1CCC(C(=O)Nc2ccccc2)CC1)Nc1cc(Cl)ccc1F. The van der Waals surface area contributed by atoms with Crippen molar-refractivity contribution < 1.29 is 14.0 Å². The second-order valence-electron chi connectivity index (χ2n) is 6.58. The Morgan fingerprint density at radius 3 is 2.48 bits per heavy atom. The molecule has 142 valence electrons. The van der Waals surface area contributed by atoms with E-state index in [4.69, 9.17) is 11.6 Å². The van der Waals surface area contributed by atoms with Gasteiger partial charge in [0.25, 0.3) is 0 Å². The van der Waals surface area contributed by atoms with Gasteiger partial charge in [0.2, 0.25) is 11.8 Å². The van der Waals surface area contributed by atoms with Crippen molar-refractivity contribution in [2.45, 2.75) is 12.8 Å². The van der Waals surface area contributed by atoms with Crippen molar-refractivity contribution in [3.63, 3.8) is 0 Å². The summed E-state index contributed by atoms with van der Waals surface area (Å²) in [5.41, 5.74) is 0.859. The van der Waals surface area contributed by atoms with Crippen molar-refractivity contribution in [1.29, 1.82) is 0 Å². The molecule has 2 aromatic rings. The molecular formula is C20H21ClFN3O2. The summed E-state index contributed by atoms with van der Waals surface area (Å²) < 4.78 is 13.7. The number of nitrogens with zero attached hydrogens (tertiary/aromatic N) is 1. The van der Waals surface area contributed by atoms with E-state index in [2.05, 4.69) is 10.6 Å². The van der Waals surface area contributed by atoms with Gasteiger partial charge in [-0.15, -0.1) is 0 Å². The van der Waals surface area contributed by atoms with Gasteiger partial charge in [-0.2, -0.15) is 0 Å². The molecule has 1 aliphatic rings. The molecule has 7 heteroatoms. The van der Waals surface area contributed by atoms with Gasteiger partial charge in [0.05, 0.1) is 12.2 Å². The Balaban J connectivity index is 1.45. The molecule has 5 nitrogen and oxygen atoms in total. The molecule has 0 aliphatic carbocycles. The maximum absolute atomic E-state index is 13.7. The van der Waals surface area contributed by atoms with Crippen LogP contribution in [0.3, 0.4) is 0 Å². The second-order valence-corrected chi connectivity index (χ2v) is 7.01. The molecule has 0 bridgehead atoms. The third-order valence-electron chi connectivity index (χ3n) is 4.57. The van der Waals surface area contributed by atoms with E-state index >= 15 is 0 Å². The smallest absolute Gasteiger partial charge is 0.238 e. The van der Waals surface area contributed by atoms with E-state index in [0.717, 1.165) is 5.69 Å². The Kier molecular flexibility index (Phi) is 6.42. The number of carbonyl (C=O) groups is 2. The van der Waals surface area contributed by atoms with E-state index in [-0.39, 0.29) is 30.0 Å². The van der Waals surface area contributed by atoms with Crippen molar-refractivity contribution in [3.05, 3.63) is 59.4 Å². The molecule has 27 heavy (non-hydrogen) atoms. The zero-order valence-corrected chi connectivity index (χ0v) is 15.5. The zero-order chi connectivity index (χ0) is 19.2. The first-order valence-corrected chi connectivity index (χ1v) is 9.22. The van der Waals surface area contributed by atoms with Gasteiger partial charge < -0.3 is 10.6 Å². The van der Waals surface area contributed by atoms with Crippen LogP contribution in [0.15, 0.2) is 48.5 Å². The normalized spacial score (nSPS) is 15.3.